The second-order valence-electron chi connectivity index (χ2n) is 3.61. The van der Waals surface area contributed by atoms with Crippen molar-refractivity contribution in [2.45, 2.75) is 19.5 Å². The molecule has 0 unspecified atom stereocenters. The molecule has 0 saturated heterocycles. The molecule has 1 rings (SSSR count). The van der Waals surface area contributed by atoms with Gasteiger partial charge in [-0.05, 0) is 24.6 Å². The number of carbonyl (C=O) groups is 1. The average Bonchev–Trinajstić information content (AvgIpc) is 2.16. The Kier molecular flexibility index (Phi) is 6.64. The summed E-state index contributed by atoms with van der Waals surface area (Å²) in [6.07, 6.45) is 0. The van der Waals surface area contributed by atoms with Gasteiger partial charge < -0.3 is 10.6 Å². The van der Waals surface area contributed by atoms with Gasteiger partial charge in [0.15, 0.2) is 0 Å². The number of hydrogen-bond donors (Lipinski definition) is 1. The summed E-state index contributed by atoms with van der Waals surface area (Å²) >= 11 is 3.39. The molecule has 1 amide bonds. The van der Waals surface area contributed by atoms with Gasteiger partial charge in [-0.15, -0.1) is 12.4 Å². The standard InChI is InChI=1S/C11H15BrN2O.ClH/c1-8(13)11(15)14(2)7-9-4-3-5-10(12)6-9;/h3-6,8H,7,13H2,1-2H3;1H/t8-;/m0./s1. The summed E-state index contributed by atoms with van der Waals surface area (Å²) < 4.78 is 1.02. The molecule has 3 nitrogen and oxygen atoms in total. The molecule has 0 fully saturated rings. The van der Waals surface area contributed by atoms with Crippen molar-refractivity contribution in [2.75, 3.05) is 7.05 Å². The van der Waals surface area contributed by atoms with Gasteiger partial charge in [-0.1, -0.05) is 28.1 Å². The van der Waals surface area contributed by atoms with Crippen molar-refractivity contribution in [3.8, 4) is 0 Å². The fraction of sp³-hybridized carbons (Fsp3) is 0.364. The van der Waals surface area contributed by atoms with Crippen molar-refractivity contribution in [3.63, 3.8) is 0 Å². The van der Waals surface area contributed by atoms with E-state index in [2.05, 4.69) is 15.9 Å². The van der Waals surface area contributed by atoms with Gasteiger partial charge in [-0.2, -0.15) is 0 Å². The molecule has 0 spiro atoms. The number of rotatable bonds is 3. The lowest BCUT2D eigenvalue weighted by molar-refractivity contribution is -0.131. The van der Waals surface area contributed by atoms with E-state index in [-0.39, 0.29) is 18.3 Å². The van der Waals surface area contributed by atoms with E-state index in [9.17, 15) is 4.79 Å². The molecule has 1 aromatic rings. The van der Waals surface area contributed by atoms with Gasteiger partial charge in [-0.25, -0.2) is 0 Å². The first-order valence-electron chi connectivity index (χ1n) is 4.75. The molecule has 0 saturated carbocycles. The molecular formula is C11H16BrClN2O. The minimum Gasteiger partial charge on any atom is -0.340 e. The predicted molar refractivity (Wildman–Crippen MR) is 71.5 cm³/mol. The molecule has 1 aromatic carbocycles. The monoisotopic (exact) mass is 306 g/mol. The zero-order valence-electron chi connectivity index (χ0n) is 9.31. The Morgan fingerprint density at radius 2 is 2.19 bits per heavy atom. The van der Waals surface area contributed by atoms with E-state index in [0.717, 1.165) is 10.0 Å². The number of nitrogens with two attached hydrogens (primary N) is 1. The van der Waals surface area contributed by atoms with Crippen LogP contribution in [0.4, 0.5) is 0 Å². The molecule has 0 aromatic heterocycles. The Morgan fingerprint density at radius 1 is 1.56 bits per heavy atom. The Bertz CT molecular complexity index is 358. The SMILES string of the molecule is C[C@H](N)C(=O)N(C)Cc1cccc(Br)c1.Cl. The maximum Gasteiger partial charge on any atom is 0.239 e. The fourth-order valence-electron chi connectivity index (χ4n) is 1.33. The van der Waals surface area contributed by atoms with E-state index >= 15 is 0 Å². The lowest BCUT2D eigenvalue weighted by Gasteiger charge is -2.19. The predicted octanol–water partition coefficient (Wildman–Crippen LogP) is 2.18. The Balaban J connectivity index is 0.00000225. The zero-order chi connectivity index (χ0) is 11.4. The molecule has 0 aliphatic carbocycles. The Hall–Kier alpha value is -0.580. The van der Waals surface area contributed by atoms with E-state index in [4.69, 9.17) is 5.73 Å². The van der Waals surface area contributed by atoms with Crippen LogP contribution in [0.2, 0.25) is 0 Å². The summed E-state index contributed by atoms with van der Waals surface area (Å²) in [5.74, 6) is -0.0463. The minimum absolute atomic E-state index is 0. The van der Waals surface area contributed by atoms with E-state index in [1.807, 2.05) is 24.3 Å². The molecule has 90 valence electrons. The van der Waals surface area contributed by atoms with Crippen LogP contribution in [0.5, 0.6) is 0 Å². The summed E-state index contributed by atoms with van der Waals surface area (Å²) in [7, 11) is 1.76. The van der Waals surface area contributed by atoms with Crippen LogP contribution in [0.3, 0.4) is 0 Å². The minimum atomic E-state index is -0.442. The van der Waals surface area contributed by atoms with Crippen molar-refractivity contribution >= 4 is 34.2 Å². The lowest BCUT2D eigenvalue weighted by atomic mass is 10.2. The van der Waals surface area contributed by atoms with Crippen LogP contribution >= 0.6 is 28.3 Å². The highest BCUT2D eigenvalue weighted by atomic mass is 79.9. The zero-order valence-corrected chi connectivity index (χ0v) is 11.7. The lowest BCUT2D eigenvalue weighted by Crippen LogP contribution is -2.39. The largest absolute Gasteiger partial charge is 0.340 e. The number of amides is 1. The van der Waals surface area contributed by atoms with Crippen LogP contribution < -0.4 is 5.73 Å². The number of nitrogens with zero attached hydrogens (tertiary/aromatic N) is 1. The molecule has 0 radical (unpaired) electrons. The van der Waals surface area contributed by atoms with E-state index in [1.165, 1.54) is 0 Å². The number of likely N-dealkylation sites (N-methyl/N-ethyl adjacent to an activating group) is 1. The van der Waals surface area contributed by atoms with Gasteiger partial charge in [-0.3, -0.25) is 4.79 Å². The first-order valence-corrected chi connectivity index (χ1v) is 5.55. The van der Waals surface area contributed by atoms with Gasteiger partial charge in [0.2, 0.25) is 5.91 Å². The van der Waals surface area contributed by atoms with Crippen LogP contribution in [0, 0.1) is 0 Å². The van der Waals surface area contributed by atoms with Crippen molar-refractivity contribution in [1.29, 1.82) is 0 Å². The number of hydrogen-bond acceptors (Lipinski definition) is 2. The quantitative estimate of drug-likeness (QED) is 0.930. The molecule has 0 aliphatic rings. The summed E-state index contributed by atoms with van der Waals surface area (Å²) in [5.41, 5.74) is 6.60. The highest BCUT2D eigenvalue weighted by molar-refractivity contribution is 9.10. The van der Waals surface area contributed by atoms with E-state index in [0.29, 0.717) is 6.54 Å². The topological polar surface area (TPSA) is 46.3 Å². The van der Waals surface area contributed by atoms with Crippen LogP contribution in [0.25, 0.3) is 0 Å². The van der Waals surface area contributed by atoms with Gasteiger partial charge in [0.25, 0.3) is 0 Å². The first-order chi connectivity index (χ1) is 7.00. The van der Waals surface area contributed by atoms with Crippen LogP contribution in [0.1, 0.15) is 12.5 Å². The van der Waals surface area contributed by atoms with Crippen LogP contribution in [0.15, 0.2) is 28.7 Å². The third-order valence-corrected chi connectivity index (χ3v) is 2.57. The maximum absolute atomic E-state index is 11.5. The average molecular weight is 308 g/mol. The second-order valence-corrected chi connectivity index (χ2v) is 4.53. The molecule has 5 heteroatoms. The number of halogens is 2. The Morgan fingerprint density at radius 3 is 2.69 bits per heavy atom. The second kappa shape index (κ2) is 6.89. The van der Waals surface area contributed by atoms with E-state index in [1.54, 1.807) is 18.9 Å². The third kappa shape index (κ3) is 4.51. The van der Waals surface area contributed by atoms with Crippen molar-refractivity contribution in [3.05, 3.63) is 34.3 Å². The maximum atomic E-state index is 11.5. The summed E-state index contributed by atoms with van der Waals surface area (Å²) in [6, 6.07) is 7.43. The highest BCUT2D eigenvalue weighted by Crippen LogP contribution is 2.13. The van der Waals surface area contributed by atoms with Gasteiger partial charge in [0, 0.05) is 18.1 Å². The smallest absolute Gasteiger partial charge is 0.239 e. The summed E-state index contributed by atoms with van der Waals surface area (Å²) in [6.45, 7) is 2.28. The molecule has 0 aliphatic heterocycles. The van der Waals surface area contributed by atoms with Crippen molar-refractivity contribution in [2.24, 2.45) is 5.73 Å². The summed E-state index contributed by atoms with van der Waals surface area (Å²) in [5, 5.41) is 0. The van der Waals surface area contributed by atoms with Crippen LogP contribution in [-0.2, 0) is 11.3 Å². The van der Waals surface area contributed by atoms with Crippen molar-refractivity contribution < 1.29 is 4.79 Å². The van der Waals surface area contributed by atoms with Gasteiger partial charge in [0.05, 0.1) is 6.04 Å². The van der Waals surface area contributed by atoms with Gasteiger partial charge >= 0.3 is 0 Å². The molecule has 0 bridgehead atoms. The fourth-order valence-corrected chi connectivity index (χ4v) is 1.78. The highest BCUT2D eigenvalue weighted by Gasteiger charge is 2.13. The molecule has 0 heterocycles. The Labute approximate surface area is 111 Å². The van der Waals surface area contributed by atoms with Crippen molar-refractivity contribution in [1.82, 2.24) is 4.90 Å². The first kappa shape index (κ1) is 15.4. The normalized spacial score (nSPS) is 11.5. The molecule has 16 heavy (non-hydrogen) atoms. The number of carbonyl (C=O) groups excluding carboxylic acids is 1. The van der Waals surface area contributed by atoms with Crippen LogP contribution in [-0.4, -0.2) is 23.9 Å². The van der Waals surface area contributed by atoms with E-state index < -0.39 is 6.04 Å². The molecular weight excluding hydrogens is 291 g/mol. The number of benzene rings is 1. The summed E-state index contributed by atoms with van der Waals surface area (Å²) in [4.78, 5) is 13.2. The van der Waals surface area contributed by atoms with Gasteiger partial charge in [0.1, 0.15) is 0 Å². The third-order valence-electron chi connectivity index (χ3n) is 2.07. The molecule has 1 atom stereocenters. The molecule has 2 N–H and O–H groups in total.